The number of carbonyl (C=O) groups excluding carboxylic acids is 1. The maximum Gasteiger partial charge on any atom is 0.243 e. The van der Waals surface area contributed by atoms with E-state index in [1.807, 2.05) is 14.0 Å². The second-order valence-corrected chi connectivity index (χ2v) is 7.66. The van der Waals surface area contributed by atoms with Crippen molar-refractivity contribution in [3.05, 3.63) is 23.8 Å². The molecule has 1 aromatic carbocycles. The van der Waals surface area contributed by atoms with Gasteiger partial charge in [-0.15, -0.1) is 0 Å². The number of rotatable bonds is 2. The molecule has 1 fully saturated rings. The molecule has 1 unspecified atom stereocenters. The summed E-state index contributed by atoms with van der Waals surface area (Å²) in [7, 11) is -1.51. The molecule has 2 heterocycles. The van der Waals surface area contributed by atoms with Crippen LogP contribution in [0.1, 0.15) is 12.5 Å². The van der Waals surface area contributed by atoms with Crippen molar-refractivity contribution < 1.29 is 13.2 Å². The summed E-state index contributed by atoms with van der Waals surface area (Å²) in [6.07, 6.45) is 0.247. The van der Waals surface area contributed by atoms with Crippen molar-refractivity contribution in [1.82, 2.24) is 9.21 Å². The topological polar surface area (TPSA) is 69.7 Å². The predicted molar refractivity (Wildman–Crippen MR) is 79.6 cm³/mol. The van der Waals surface area contributed by atoms with E-state index >= 15 is 0 Å². The lowest BCUT2D eigenvalue weighted by atomic mass is 10.2. The van der Waals surface area contributed by atoms with Gasteiger partial charge in [0.2, 0.25) is 15.9 Å². The fourth-order valence-electron chi connectivity index (χ4n) is 2.98. The van der Waals surface area contributed by atoms with E-state index in [-0.39, 0.29) is 23.3 Å². The maximum absolute atomic E-state index is 12.8. The van der Waals surface area contributed by atoms with Gasteiger partial charge in [-0.05, 0) is 37.7 Å². The number of fused-ring (bicyclic) bond motifs is 1. The average Bonchev–Trinajstić information content (AvgIpc) is 2.77. The Hall–Kier alpha value is -1.44. The minimum Gasteiger partial charge on any atom is -0.326 e. The summed E-state index contributed by atoms with van der Waals surface area (Å²) >= 11 is 0. The molecule has 3 rings (SSSR count). The molecular formula is C14H19N3O3S. The van der Waals surface area contributed by atoms with Gasteiger partial charge in [0.1, 0.15) is 0 Å². The Balaban J connectivity index is 1.92. The number of piperazine rings is 1. The summed E-state index contributed by atoms with van der Waals surface area (Å²) in [5.74, 6) is -0.0903. The maximum atomic E-state index is 12.8. The third-order valence-electron chi connectivity index (χ3n) is 4.08. The number of hydrogen-bond acceptors (Lipinski definition) is 4. The highest BCUT2D eigenvalue weighted by Crippen LogP contribution is 2.28. The van der Waals surface area contributed by atoms with Gasteiger partial charge in [-0.2, -0.15) is 4.31 Å². The van der Waals surface area contributed by atoms with Crippen molar-refractivity contribution in [1.29, 1.82) is 0 Å². The molecule has 0 aliphatic carbocycles. The van der Waals surface area contributed by atoms with Crippen molar-refractivity contribution in [2.45, 2.75) is 24.3 Å². The van der Waals surface area contributed by atoms with E-state index < -0.39 is 10.0 Å². The zero-order valence-electron chi connectivity index (χ0n) is 12.2. The van der Waals surface area contributed by atoms with Crippen LogP contribution in [0, 0.1) is 0 Å². The number of sulfonamides is 1. The molecule has 1 atom stereocenters. The molecule has 6 nitrogen and oxygen atoms in total. The number of nitrogens with one attached hydrogen (secondary N) is 1. The molecule has 21 heavy (non-hydrogen) atoms. The monoisotopic (exact) mass is 309 g/mol. The first-order chi connectivity index (χ1) is 9.88. The van der Waals surface area contributed by atoms with E-state index in [0.717, 1.165) is 18.7 Å². The van der Waals surface area contributed by atoms with Crippen LogP contribution in [0.4, 0.5) is 5.69 Å². The lowest BCUT2D eigenvalue weighted by molar-refractivity contribution is -0.115. The standard InChI is InChI=1S/C14H19N3O3S/c1-10-9-16(2)5-6-17(10)21(19,20)12-3-4-13-11(7-12)8-14(18)15-13/h3-4,7,10H,5-6,8-9H2,1-2H3,(H,15,18). The van der Waals surface area contributed by atoms with Gasteiger partial charge >= 0.3 is 0 Å². The lowest BCUT2D eigenvalue weighted by Gasteiger charge is -2.37. The van der Waals surface area contributed by atoms with Crippen molar-refractivity contribution in [3.63, 3.8) is 0 Å². The molecule has 0 bridgehead atoms. The molecule has 114 valence electrons. The quantitative estimate of drug-likeness (QED) is 0.864. The molecule has 0 spiro atoms. The van der Waals surface area contributed by atoms with E-state index in [4.69, 9.17) is 0 Å². The molecule has 1 amide bonds. The van der Waals surface area contributed by atoms with Crippen molar-refractivity contribution in [2.24, 2.45) is 0 Å². The van der Waals surface area contributed by atoms with Gasteiger partial charge in [0.25, 0.3) is 0 Å². The fourth-order valence-corrected chi connectivity index (χ4v) is 4.65. The summed E-state index contributed by atoms with van der Waals surface area (Å²) < 4.78 is 27.1. The fraction of sp³-hybridized carbons (Fsp3) is 0.500. The average molecular weight is 309 g/mol. The van der Waals surface area contributed by atoms with Gasteiger partial charge in [0.15, 0.2) is 0 Å². The first kappa shape index (κ1) is 14.5. The van der Waals surface area contributed by atoms with Gasteiger partial charge in [-0.1, -0.05) is 0 Å². The minimum absolute atomic E-state index is 0.0539. The molecule has 0 radical (unpaired) electrons. The van der Waals surface area contributed by atoms with Crippen molar-refractivity contribution >= 4 is 21.6 Å². The number of benzene rings is 1. The third kappa shape index (κ3) is 2.56. The molecular weight excluding hydrogens is 290 g/mol. The molecule has 7 heteroatoms. The van der Waals surface area contributed by atoms with E-state index in [2.05, 4.69) is 10.2 Å². The minimum atomic E-state index is -3.51. The third-order valence-corrected chi connectivity index (χ3v) is 6.09. The van der Waals surface area contributed by atoms with Crippen molar-refractivity contribution in [2.75, 3.05) is 32.0 Å². The van der Waals surface area contributed by atoms with E-state index in [1.165, 1.54) is 0 Å². The molecule has 1 N–H and O–H groups in total. The molecule has 0 saturated carbocycles. The first-order valence-corrected chi connectivity index (χ1v) is 8.45. The van der Waals surface area contributed by atoms with Crippen molar-refractivity contribution in [3.8, 4) is 0 Å². The van der Waals surface area contributed by atoms with Crippen LogP contribution >= 0.6 is 0 Å². The second kappa shape index (κ2) is 5.08. The number of carbonyl (C=O) groups is 1. The van der Waals surface area contributed by atoms with E-state index in [9.17, 15) is 13.2 Å². The Kier molecular flexibility index (Phi) is 3.51. The number of nitrogens with zero attached hydrogens (tertiary/aromatic N) is 2. The van der Waals surface area contributed by atoms with Crippen LogP contribution < -0.4 is 5.32 Å². The van der Waals surface area contributed by atoms with Gasteiger partial charge in [0.05, 0.1) is 11.3 Å². The Morgan fingerprint density at radius 2 is 2.05 bits per heavy atom. The van der Waals surface area contributed by atoms with Crippen LogP contribution in [-0.2, 0) is 21.2 Å². The van der Waals surface area contributed by atoms with E-state index in [0.29, 0.717) is 12.2 Å². The van der Waals surface area contributed by atoms with Crippen LogP contribution in [0.25, 0.3) is 0 Å². The lowest BCUT2D eigenvalue weighted by Crippen LogP contribution is -2.52. The highest BCUT2D eigenvalue weighted by atomic mass is 32.2. The molecule has 1 saturated heterocycles. The molecule has 0 aromatic heterocycles. The smallest absolute Gasteiger partial charge is 0.243 e. The SMILES string of the molecule is CC1CN(C)CCN1S(=O)(=O)c1ccc2c(c1)CC(=O)N2. The summed E-state index contributed by atoms with van der Waals surface area (Å²) in [4.78, 5) is 13.8. The Labute approximate surface area is 124 Å². The summed E-state index contributed by atoms with van der Waals surface area (Å²) in [5.41, 5.74) is 1.47. The second-order valence-electron chi connectivity index (χ2n) is 5.77. The number of anilines is 1. The van der Waals surface area contributed by atoms with Gasteiger partial charge < -0.3 is 10.2 Å². The van der Waals surface area contributed by atoms with Crippen LogP contribution in [0.3, 0.4) is 0 Å². The largest absolute Gasteiger partial charge is 0.326 e. The Morgan fingerprint density at radius 1 is 1.29 bits per heavy atom. The predicted octanol–water partition coefficient (Wildman–Crippen LogP) is 0.506. The van der Waals surface area contributed by atoms with Crippen LogP contribution in [-0.4, -0.2) is 56.3 Å². The highest BCUT2D eigenvalue weighted by molar-refractivity contribution is 7.89. The van der Waals surface area contributed by atoms with Gasteiger partial charge in [-0.3, -0.25) is 4.79 Å². The van der Waals surface area contributed by atoms with Crippen LogP contribution in [0.15, 0.2) is 23.1 Å². The summed E-state index contributed by atoms with van der Waals surface area (Å²) in [6, 6.07) is 4.81. The summed E-state index contributed by atoms with van der Waals surface area (Å²) in [6.45, 7) is 3.87. The van der Waals surface area contributed by atoms with Crippen LogP contribution in [0.2, 0.25) is 0 Å². The normalized spacial score (nSPS) is 23.9. The first-order valence-electron chi connectivity index (χ1n) is 7.01. The highest BCUT2D eigenvalue weighted by Gasteiger charge is 2.33. The van der Waals surface area contributed by atoms with E-state index in [1.54, 1.807) is 22.5 Å². The molecule has 1 aromatic rings. The molecule has 2 aliphatic rings. The zero-order chi connectivity index (χ0) is 15.2. The van der Waals surface area contributed by atoms with Gasteiger partial charge in [0, 0.05) is 31.4 Å². The summed E-state index contributed by atoms with van der Waals surface area (Å²) in [5, 5.41) is 2.72. The Morgan fingerprint density at radius 3 is 2.76 bits per heavy atom. The number of likely N-dealkylation sites (N-methyl/N-ethyl adjacent to an activating group) is 1. The number of hydrogen-bond donors (Lipinski definition) is 1. The zero-order valence-corrected chi connectivity index (χ0v) is 13.0. The Bertz CT molecular complexity index is 687. The van der Waals surface area contributed by atoms with Gasteiger partial charge in [-0.25, -0.2) is 8.42 Å². The molecule has 2 aliphatic heterocycles. The number of amides is 1. The van der Waals surface area contributed by atoms with Crippen LogP contribution in [0.5, 0.6) is 0 Å².